The van der Waals surface area contributed by atoms with Crippen LogP contribution in [0.25, 0.3) is 22.0 Å². The number of nitrogens with zero attached hydrogens (tertiary/aromatic N) is 3. The van der Waals surface area contributed by atoms with Gasteiger partial charge in [0.15, 0.2) is 5.88 Å². The third-order valence-corrected chi connectivity index (χ3v) is 6.08. The number of aromatic hydroxyl groups is 1. The van der Waals surface area contributed by atoms with Gasteiger partial charge in [-0.05, 0) is 31.0 Å². The highest BCUT2D eigenvalue weighted by Gasteiger charge is 2.19. The lowest BCUT2D eigenvalue weighted by Gasteiger charge is -2.29. The van der Waals surface area contributed by atoms with Crippen LogP contribution in [0.2, 0.25) is 0 Å². The van der Waals surface area contributed by atoms with E-state index in [1.807, 2.05) is 24.5 Å². The minimum atomic E-state index is 0.189. The molecule has 4 N–H and O–H groups in total. The highest BCUT2D eigenvalue weighted by atomic mass is 16.3. The number of nitrogens with one attached hydrogen (secondary N) is 3. The summed E-state index contributed by atoms with van der Waals surface area (Å²) in [6.07, 6.45) is 10.0. The number of fused-ring (bicyclic) bond motifs is 1. The Balaban J connectivity index is 1.52. The zero-order chi connectivity index (χ0) is 19.6. The maximum atomic E-state index is 10.3. The Kier molecular flexibility index (Phi) is 4.97. The van der Waals surface area contributed by atoms with Gasteiger partial charge in [-0.3, -0.25) is 0 Å². The van der Waals surface area contributed by atoms with Gasteiger partial charge in [0.25, 0.3) is 0 Å². The van der Waals surface area contributed by atoms with Crippen LogP contribution in [0.15, 0.2) is 30.6 Å². The van der Waals surface area contributed by atoms with Gasteiger partial charge >= 0.3 is 0 Å². The van der Waals surface area contributed by atoms with Crippen LogP contribution < -0.4 is 15.5 Å². The molecule has 1 saturated heterocycles. The average Bonchev–Trinajstić information content (AvgIpc) is 3.15. The van der Waals surface area contributed by atoms with Gasteiger partial charge in [-0.25, -0.2) is 9.97 Å². The first-order valence-electron chi connectivity index (χ1n) is 10.7. The molecular weight excluding hydrogens is 364 g/mol. The molecule has 0 aromatic carbocycles. The fourth-order valence-electron chi connectivity index (χ4n) is 4.49. The van der Waals surface area contributed by atoms with Crippen LogP contribution in [0.4, 0.5) is 11.6 Å². The van der Waals surface area contributed by atoms with Crippen LogP contribution in [0.5, 0.6) is 5.88 Å². The number of rotatable bonds is 4. The molecule has 29 heavy (non-hydrogen) atoms. The van der Waals surface area contributed by atoms with Crippen molar-refractivity contribution in [2.45, 2.75) is 38.1 Å². The minimum absolute atomic E-state index is 0.189. The molecule has 4 heterocycles. The molecule has 0 radical (unpaired) electrons. The Morgan fingerprint density at radius 3 is 2.72 bits per heavy atom. The van der Waals surface area contributed by atoms with Gasteiger partial charge in [-0.15, -0.1) is 0 Å². The maximum Gasteiger partial charge on any atom is 0.196 e. The SMILES string of the molecule is Oc1[nH]cc2c(-c3ccnc(NC4CCCCC4)c3)nc(N3CCNCC3)cc12. The van der Waals surface area contributed by atoms with Gasteiger partial charge in [-0.2, -0.15) is 0 Å². The van der Waals surface area contributed by atoms with E-state index >= 15 is 0 Å². The van der Waals surface area contributed by atoms with Gasteiger partial charge in [0.2, 0.25) is 0 Å². The molecule has 1 saturated carbocycles. The van der Waals surface area contributed by atoms with Crippen LogP contribution in [-0.2, 0) is 0 Å². The molecule has 3 aromatic heterocycles. The third-order valence-electron chi connectivity index (χ3n) is 6.08. The van der Waals surface area contributed by atoms with Gasteiger partial charge in [-0.1, -0.05) is 19.3 Å². The van der Waals surface area contributed by atoms with E-state index in [9.17, 15) is 5.11 Å². The van der Waals surface area contributed by atoms with E-state index in [0.717, 1.165) is 59.8 Å². The van der Waals surface area contributed by atoms with Crippen molar-refractivity contribution >= 4 is 22.4 Å². The summed E-state index contributed by atoms with van der Waals surface area (Å²) in [5, 5.41) is 19.1. The molecule has 2 aliphatic rings. The fraction of sp³-hybridized carbons (Fsp3) is 0.455. The summed E-state index contributed by atoms with van der Waals surface area (Å²) in [6, 6.07) is 6.57. The number of anilines is 2. The standard InChI is InChI=1S/C22H28N6O/c29-22-17-13-20(28-10-8-23-9-11-28)27-21(18(17)14-25-22)15-6-7-24-19(12-15)26-16-4-2-1-3-5-16/h6-7,12-14,16,23,25,29H,1-5,8-11H2,(H,24,26). The van der Waals surface area contributed by atoms with Crippen molar-refractivity contribution in [3.8, 4) is 17.1 Å². The van der Waals surface area contributed by atoms with Crippen LogP contribution >= 0.6 is 0 Å². The largest absolute Gasteiger partial charge is 0.494 e. The first-order chi connectivity index (χ1) is 14.3. The monoisotopic (exact) mass is 392 g/mol. The molecule has 0 amide bonds. The summed E-state index contributed by atoms with van der Waals surface area (Å²) in [4.78, 5) is 14.8. The van der Waals surface area contributed by atoms with E-state index < -0.39 is 0 Å². The number of aromatic nitrogens is 3. The second kappa shape index (κ2) is 7.91. The molecule has 0 unspecified atom stereocenters. The normalized spacial score (nSPS) is 18.3. The molecule has 7 nitrogen and oxygen atoms in total. The van der Waals surface area contributed by atoms with E-state index in [0.29, 0.717) is 6.04 Å². The first-order valence-corrected chi connectivity index (χ1v) is 10.7. The van der Waals surface area contributed by atoms with E-state index in [1.165, 1.54) is 32.1 Å². The Hall–Kier alpha value is -2.80. The quantitative estimate of drug-likeness (QED) is 0.544. The average molecular weight is 393 g/mol. The molecule has 0 atom stereocenters. The Morgan fingerprint density at radius 2 is 1.90 bits per heavy atom. The van der Waals surface area contributed by atoms with E-state index in [2.05, 4.69) is 31.6 Å². The van der Waals surface area contributed by atoms with Gasteiger partial charge in [0.1, 0.15) is 11.6 Å². The second-order valence-electron chi connectivity index (χ2n) is 8.07. The van der Waals surface area contributed by atoms with Crippen LogP contribution in [-0.4, -0.2) is 52.3 Å². The van der Waals surface area contributed by atoms with Gasteiger partial charge in [0.05, 0.1) is 5.69 Å². The number of hydrogen-bond donors (Lipinski definition) is 4. The zero-order valence-corrected chi connectivity index (χ0v) is 16.6. The molecule has 1 aliphatic heterocycles. The maximum absolute atomic E-state index is 10.3. The van der Waals surface area contributed by atoms with Gasteiger partial charge < -0.3 is 25.6 Å². The van der Waals surface area contributed by atoms with Crippen LogP contribution in [0.3, 0.4) is 0 Å². The minimum Gasteiger partial charge on any atom is -0.494 e. The summed E-state index contributed by atoms with van der Waals surface area (Å²) < 4.78 is 0. The van der Waals surface area contributed by atoms with Crippen molar-refractivity contribution in [2.24, 2.45) is 0 Å². The third kappa shape index (κ3) is 3.74. The van der Waals surface area contributed by atoms with E-state index in [1.54, 1.807) is 0 Å². The highest BCUT2D eigenvalue weighted by molar-refractivity contribution is 5.99. The number of pyridine rings is 2. The highest BCUT2D eigenvalue weighted by Crippen LogP contribution is 2.35. The lowest BCUT2D eigenvalue weighted by Crippen LogP contribution is -2.43. The van der Waals surface area contributed by atoms with Gasteiger partial charge in [0, 0.05) is 61.0 Å². The molecular formula is C22H28N6O. The van der Waals surface area contributed by atoms with E-state index in [-0.39, 0.29) is 5.88 Å². The predicted molar refractivity (Wildman–Crippen MR) is 117 cm³/mol. The molecule has 3 aromatic rings. The Labute approximate surface area is 170 Å². The number of hydrogen-bond acceptors (Lipinski definition) is 6. The first kappa shape index (κ1) is 18.2. The lowest BCUT2D eigenvalue weighted by molar-refractivity contribution is 0.462. The molecule has 5 rings (SSSR count). The molecule has 7 heteroatoms. The molecule has 0 bridgehead atoms. The number of aromatic amines is 1. The topological polar surface area (TPSA) is 89.1 Å². The predicted octanol–water partition coefficient (Wildman–Crippen LogP) is 3.48. The fourth-order valence-corrected chi connectivity index (χ4v) is 4.49. The van der Waals surface area contributed by atoms with Crippen molar-refractivity contribution < 1.29 is 5.11 Å². The Morgan fingerprint density at radius 1 is 1.07 bits per heavy atom. The smallest absolute Gasteiger partial charge is 0.196 e. The van der Waals surface area contributed by atoms with Crippen molar-refractivity contribution in [1.82, 2.24) is 20.3 Å². The number of piperazine rings is 1. The van der Waals surface area contributed by atoms with Crippen LogP contribution in [0, 0.1) is 0 Å². The van der Waals surface area contributed by atoms with Crippen LogP contribution in [0.1, 0.15) is 32.1 Å². The lowest BCUT2D eigenvalue weighted by atomic mass is 9.95. The Bertz CT molecular complexity index is 988. The zero-order valence-electron chi connectivity index (χ0n) is 16.6. The second-order valence-corrected chi connectivity index (χ2v) is 8.07. The molecule has 152 valence electrons. The number of H-pyrrole nitrogens is 1. The van der Waals surface area contributed by atoms with Crippen molar-refractivity contribution in [2.75, 3.05) is 36.4 Å². The summed E-state index contributed by atoms with van der Waals surface area (Å²) in [6.45, 7) is 3.71. The van der Waals surface area contributed by atoms with Crippen molar-refractivity contribution in [1.29, 1.82) is 0 Å². The molecule has 1 aliphatic carbocycles. The summed E-state index contributed by atoms with van der Waals surface area (Å²) in [7, 11) is 0. The molecule has 0 spiro atoms. The van der Waals surface area contributed by atoms with Crippen molar-refractivity contribution in [3.05, 3.63) is 30.6 Å². The summed E-state index contributed by atoms with van der Waals surface area (Å²) in [5.41, 5.74) is 1.89. The van der Waals surface area contributed by atoms with E-state index in [4.69, 9.17) is 4.98 Å². The van der Waals surface area contributed by atoms with Crippen molar-refractivity contribution in [3.63, 3.8) is 0 Å². The molecule has 2 fully saturated rings. The summed E-state index contributed by atoms with van der Waals surface area (Å²) in [5.74, 6) is 1.99. The summed E-state index contributed by atoms with van der Waals surface area (Å²) >= 11 is 0.